The lowest BCUT2D eigenvalue weighted by Crippen LogP contribution is -2.11. The van der Waals surface area contributed by atoms with Gasteiger partial charge in [-0.25, -0.2) is 4.39 Å². The van der Waals surface area contributed by atoms with Gasteiger partial charge in [-0.1, -0.05) is 11.3 Å². The second kappa shape index (κ2) is 4.96. The van der Waals surface area contributed by atoms with Crippen LogP contribution in [0.5, 0.6) is 5.75 Å². The Bertz CT molecular complexity index is 587. The van der Waals surface area contributed by atoms with E-state index in [0.717, 1.165) is 17.4 Å². The average molecular weight is 268 g/mol. The molecule has 0 fully saturated rings. The Balaban J connectivity index is 2.14. The number of nitrogen functional groups attached to an aromatic ring is 1. The van der Waals surface area contributed by atoms with Crippen molar-refractivity contribution < 1.29 is 13.9 Å². The molecule has 0 bridgehead atoms. The van der Waals surface area contributed by atoms with Crippen LogP contribution in [-0.4, -0.2) is 23.2 Å². The number of nitrogens with one attached hydrogen (secondary N) is 1. The van der Waals surface area contributed by atoms with Crippen LogP contribution in [0.25, 0.3) is 0 Å². The van der Waals surface area contributed by atoms with E-state index in [1.807, 2.05) is 0 Å². The fraction of sp³-hybridized carbons (Fsp3) is 0.100. The van der Waals surface area contributed by atoms with Gasteiger partial charge in [0.25, 0.3) is 5.91 Å². The lowest BCUT2D eigenvalue weighted by atomic mass is 10.3. The van der Waals surface area contributed by atoms with E-state index >= 15 is 0 Å². The summed E-state index contributed by atoms with van der Waals surface area (Å²) < 4.78 is 18.2. The summed E-state index contributed by atoms with van der Waals surface area (Å²) >= 11 is 0.952. The van der Waals surface area contributed by atoms with Crippen LogP contribution in [-0.2, 0) is 0 Å². The van der Waals surface area contributed by atoms with Gasteiger partial charge in [0, 0.05) is 11.8 Å². The highest BCUT2D eigenvalue weighted by Crippen LogP contribution is 2.21. The Morgan fingerprint density at radius 3 is 2.83 bits per heavy atom. The number of rotatable bonds is 3. The van der Waals surface area contributed by atoms with Crippen LogP contribution in [0.15, 0.2) is 18.2 Å². The van der Waals surface area contributed by atoms with Gasteiger partial charge >= 0.3 is 0 Å². The summed E-state index contributed by atoms with van der Waals surface area (Å²) in [5.41, 5.74) is 5.66. The molecule has 0 saturated heterocycles. The summed E-state index contributed by atoms with van der Waals surface area (Å²) in [6.07, 6.45) is 0. The minimum absolute atomic E-state index is 0.105. The van der Waals surface area contributed by atoms with E-state index in [9.17, 15) is 9.18 Å². The Morgan fingerprint density at radius 1 is 1.50 bits per heavy atom. The van der Waals surface area contributed by atoms with Crippen molar-refractivity contribution in [2.24, 2.45) is 0 Å². The molecule has 8 heteroatoms. The van der Waals surface area contributed by atoms with Crippen LogP contribution < -0.4 is 15.8 Å². The summed E-state index contributed by atoms with van der Waals surface area (Å²) in [4.78, 5) is 11.7. The van der Waals surface area contributed by atoms with Crippen LogP contribution >= 0.6 is 11.3 Å². The second-order valence-electron chi connectivity index (χ2n) is 3.25. The first-order chi connectivity index (χ1) is 8.60. The molecule has 0 atom stereocenters. The zero-order chi connectivity index (χ0) is 13.1. The molecule has 0 aliphatic heterocycles. The summed E-state index contributed by atoms with van der Waals surface area (Å²) in [5, 5.41) is 9.89. The SMILES string of the molecule is COc1ccc(NC(=O)c2nnc(N)s2)cc1F. The van der Waals surface area contributed by atoms with Gasteiger partial charge in [0.2, 0.25) is 10.1 Å². The van der Waals surface area contributed by atoms with Crippen LogP contribution in [0.4, 0.5) is 15.2 Å². The maximum atomic E-state index is 13.4. The smallest absolute Gasteiger partial charge is 0.286 e. The highest BCUT2D eigenvalue weighted by Gasteiger charge is 2.12. The Kier molecular flexibility index (Phi) is 3.38. The fourth-order valence-corrected chi connectivity index (χ4v) is 1.76. The third-order valence-corrected chi connectivity index (χ3v) is 2.80. The number of hydrogen-bond acceptors (Lipinski definition) is 6. The van der Waals surface area contributed by atoms with Gasteiger partial charge < -0.3 is 15.8 Å². The quantitative estimate of drug-likeness (QED) is 0.880. The van der Waals surface area contributed by atoms with Gasteiger partial charge in [0.15, 0.2) is 11.6 Å². The molecule has 0 unspecified atom stereocenters. The van der Waals surface area contributed by atoms with Crippen molar-refractivity contribution in [2.45, 2.75) is 0 Å². The molecule has 0 aliphatic carbocycles. The van der Waals surface area contributed by atoms with Crippen molar-refractivity contribution in [1.82, 2.24) is 10.2 Å². The predicted molar refractivity (Wildman–Crippen MR) is 65.2 cm³/mol. The molecule has 3 N–H and O–H groups in total. The van der Waals surface area contributed by atoms with Gasteiger partial charge in [-0.3, -0.25) is 4.79 Å². The number of methoxy groups -OCH3 is 1. The highest BCUT2D eigenvalue weighted by molar-refractivity contribution is 7.16. The number of carbonyl (C=O) groups is 1. The number of anilines is 2. The maximum Gasteiger partial charge on any atom is 0.286 e. The summed E-state index contributed by atoms with van der Waals surface area (Å²) in [6.45, 7) is 0. The number of amides is 1. The first kappa shape index (κ1) is 12.2. The third-order valence-electron chi connectivity index (χ3n) is 2.04. The molecule has 94 valence electrons. The molecule has 1 aromatic heterocycles. The maximum absolute atomic E-state index is 13.4. The molecule has 1 amide bonds. The van der Waals surface area contributed by atoms with Crippen molar-refractivity contribution in [3.63, 3.8) is 0 Å². The van der Waals surface area contributed by atoms with Crippen LogP contribution in [0.1, 0.15) is 9.80 Å². The van der Waals surface area contributed by atoms with Crippen molar-refractivity contribution in [3.05, 3.63) is 29.0 Å². The standard InChI is InChI=1S/C10H9FN4O2S/c1-17-7-3-2-5(4-6(7)11)13-8(16)9-14-15-10(12)18-9/h2-4H,1H3,(H2,12,15)(H,13,16). The molecular weight excluding hydrogens is 259 g/mol. The number of carbonyl (C=O) groups excluding carboxylic acids is 1. The number of aromatic nitrogens is 2. The Labute approximate surface area is 106 Å². The number of benzene rings is 1. The number of hydrogen-bond donors (Lipinski definition) is 2. The zero-order valence-electron chi connectivity index (χ0n) is 9.31. The van der Waals surface area contributed by atoms with E-state index in [0.29, 0.717) is 5.69 Å². The monoisotopic (exact) mass is 268 g/mol. The third kappa shape index (κ3) is 2.54. The largest absolute Gasteiger partial charge is 0.494 e. The van der Waals surface area contributed by atoms with E-state index in [4.69, 9.17) is 10.5 Å². The lowest BCUT2D eigenvalue weighted by molar-refractivity contribution is 0.102. The Hall–Kier alpha value is -2.22. The van der Waals surface area contributed by atoms with Crippen LogP contribution in [0.3, 0.4) is 0 Å². The lowest BCUT2D eigenvalue weighted by Gasteiger charge is -2.05. The molecule has 0 aliphatic rings. The molecular formula is C10H9FN4O2S. The average Bonchev–Trinajstić information content (AvgIpc) is 2.76. The van der Waals surface area contributed by atoms with Crippen LogP contribution in [0.2, 0.25) is 0 Å². The number of nitrogens with two attached hydrogens (primary N) is 1. The summed E-state index contributed by atoms with van der Waals surface area (Å²) in [7, 11) is 1.36. The summed E-state index contributed by atoms with van der Waals surface area (Å²) in [5.74, 6) is -0.950. The Morgan fingerprint density at radius 2 is 2.28 bits per heavy atom. The summed E-state index contributed by atoms with van der Waals surface area (Å²) in [6, 6.07) is 4.09. The van der Waals surface area contributed by atoms with E-state index < -0.39 is 11.7 Å². The molecule has 2 rings (SSSR count). The molecule has 2 aromatic rings. The van der Waals surface area contributed by atoms with E-state index in [-0.39, 0.29) is 15.9 Å². The number of nitrogens with zero attached hydrogens (tertiary/aromatic N) is 2. The molecule has 6 nitrogen and oxygen atoms in total. The van der Waals surface area contributed by atoms with Gasteiger partial charge in [-0.15, -0.1) is 10.2 Å². The molecule has 0 spiro atoms. The van der Waals surface area contributed by atoms with E-state index in [1.165, 1.54) is 19.2 Å². The second-order valence-corrected chi connectivity index (χ2v) is 4.26. The molecule has 0 radical (unpaired) electrons. The molecule has 0 saturated carbocycles. The minimum atomic E-state index is -0.563. The zero-order valence-corrected chi connectivity index (χ0v) is 10.1. The molecule has 18 heavy (non-hydrogen) atoms. The molecule has 1 aromatic carbocycles. The molecule has 1 heterocycles. The topological polar surface area (TPSA) is 90.1 Å². The van der Waals surface area contributed by atoms with Crippen molar-refractivity contribution in [1.29, 1.82) is 0 Å². The van der Waals surface area contributed by atoms with E-state index in [1.54, 1.807) is 0 Å². The van der Waals surface area contributed by atoms with Crippen molar-refractivity contribution in [2.75, 3.05) is 18.2 Å². The van der Waals surface area contributed by atoms with Crippen molar-refractivity contribution in [3.8, 4) is 5.75 Å². The first-order valence-electron chi connectivity index (χ1n) is 4.84. The van der Waals surface area contributed by atoms with Gasteiger partial charge in [-0.05, 0) is 12.1 Å². The number of halogens is 1. The highest BCUT2D eigenvalue weighted by atomic mass is 32.1. The van der Waals surface area contributed by atoms with Gasteiger partial charge in [0.05, 0.1) is 7.11 Å². The van der Waals surface area contributed by atoms with Gasteiger partial charge in [-0.2, -0.15) is 0 Å². The number of ether oxygens (including phenoxy) is 1. The van der Waals surface area contributed by atoms with E-state index in [2.05, 4.69) is 15.5 Å². The van der Waals surface area contributed by atoms with Crippen LogP contribution in [0, 0.1) is 5.82 Å². The first-order valence-corrected chi connectivity index (χ1v) is 5.65. The minimum Gasteiger partial charge on any atom is -0.494 e. The van der Waals surface area contributed by atoms with Gasteiger partial charge in [0.1, 0.15) is 0 Å². The fourth-order valence-electron chi connectivity index (χ4n) is 1.26. The normalized spacial score (nSPS) is 10.1. The van der Waals surface area contributed by atoms with Crippen molar-refractivity contribution >= 4 is 28.1 Å². The predicted octanol–water partition coefficient (Wildman–Crippen LogP) is 1.52.